The first-order valence-corrected chi connectivity index (χ1v) is 10.6. The van der Waals surface area contributed by atoms with Crippen LogP contribution in [0.1, 0.15) is 51.5 Å². The van der Waals surface area contributed by atoms with Crippen molar-refractivity contribution in [3.8, 4) is 11.3 Å². The summed E-state index contributed by atoms with van der Waals surface area (Å²) < 4.78 is 29.6. The van der Waals surface area contributed by atoms with Crippen molar-refractivity contribution in [1.82, 2.24) is 14.1 Å². The summed E-state index contributed by atoms with van der Waals surface area (Å²) in [5.41, 5.74) is 1.41. The van der Waals surface area contributed by atoms with Crippen LogP contribution in [0.2, 0.25) is 0 Å². The van der Waals surface area contributed by atoms with Crippen molar-refractivity contribution in [1.29, 1.82) is 0 Å². The van der Waals surface area contributed by atoms with Crippen LogP contribution in [0.4, 0.5) is 0 Å². The molecule has 0 aliphatic heterocycles. The molecule has 5 nitrogen and oxygen atoms in total. The van der Waals surface area contributed by atoms with E-state index in [2.05, 4.69) is 6.92 Å². The van der Waals surface area contributed by atoms with Crippen molar-refractivity contribution in [3.63, 3.8) is 0 Å². The van der Waals surface area contributed by atoms with Crippen molar-refractivity contribution in [3.05, 3.63) is 36.5 Å². The number of aromatic nitrogens is 2. The first kappa shape index (κ1) is 18.1. The Balaban J connectivity index is 2.04. The van der Waals surface area contributed by atoms with Crippen LogP contribution in [0.15, 0.2) is 41.4 Å². The molecule has 25 heavy (non-hydrogen) atoms. The van der Waals surface area contributed by atoms with E-state index in [1.165, 1.54) is 17.1 Å². The second-order valence-electron chi connectivity index (χ2n) is 6.81. The van der Waals surface area contributed by atoms with Gasteiger partial charge in [-0.2, -0.15) is 5.10 Å². The molecule has 1 aliphatic rings. The average Bonchev–Trinajstić information content (AvgIpc) is 3.29. The maximum absolute atomic E-state index is 13.1. The summed E-state index contributed by atoms with van der Waals surface area (Å²) in [6, 6.07) is 9.92. The lowest BCUT2D eigenvalue weighted by atomic mass is 10.2. The SMILES string of the molecule is CCCCN(C)S(=O)(=O)c1cn(C2CCCC2)nc1-c1ccccc1. The molecule has 0 bridgehead atoms. The maximum Gasteiger partial charge on any atom is 0.246 e. The third kappa shape index (κ3) is 3.80. The third-order valence-corrected chi connectivity index (χ3v) is 6.82. The molecule has 0 atom stereocenters. The van der Waals surface area contributed by atoms with Crippen LogP contribution in [-0.2, 0) is 10.0 Å². The molecule has 0 unspecified atom stereocenters. The Labute approximate surface area is 150 Å². The summed E-state index contributed by atoms with van der Waals surface area (Å²) >= 11 is 0. The topological polar surface area (TPSA) is 55.2 Å². The van der Waals surface area contributed by atoms with E-state index >= 15 is 0 Å². The van der Waals surface area contributed by atoms with E-state index in [0.29, 0.717) is 23.2 Å². The fourth-order valence-corrected chi connectivity index (χ4v) is 4.73. The number of nitrogens with zero attached hydrogens (tertiary/aromatic N) is 3. The summed E-state index contributed by atoms with van der Waals surface area (Å²) in [5.74, 6) is 0. The van der Waals surface area contributed by atoms with Crippen molar-refractivity contribution in [2.45, 2.75) is 56.4 Å². The Morgan fingerprint density at radius 3 is 2.52 bits per heavy atom. The van der Waals surface area contributed by atoms with Gasteiger partial charge in [0.15, 0.2) is 0 Å². The van der Waals surface area contributed by atoms with Gasteiger partial charge in [-0.15, -0.1) is 0 Å². The van der Waals surface area contributed by atoms with Gasteiger partial charge in [0.1, 0.15) is 10.6 Å². The molecule has 136 valence electrons. The summed E-state index contributed by atoms with van der Waals surface area (Å²) in [6.07, 6.45) is 8.07. The first-order valence-electron chi connectivity index (χ1n) is 9.15. The Kier molecular flexibility index (Phi) is 5.59. The van der Waals surface area contributed by atoms with Gasteiger partial charge in [-0.1, -0.05) is 56.5 Å². The molecule has 1 aromatic carbocycles. The quantitative estimate of drug-likeness (QED) is 0.746. The predicted molar refractivity (Wildman–Crippen MR) is 99.9 cm³/mol. The monoisotopic (exact) mass is 361 g/mol. The second kappa shape index (κ2) is 7.70. The lowest BCUT2D eigenvalue weighted by Gasteiger charge is -2.16. The lowest BCUT2D eigenvalue weighted by Crippen LogP contribution is -2.28. The minimum atomic E-state index is -3.55. The molecule has 0 spiro atoms. The fraction of sp³-hybridized carbons (Fsp3) is 0.526. The van der Waals surface area contributed by atoms with Gasteiger partial charge >= 0.3 is 0 Å². The van der Waals surface area contributed by atoms with Crippen LogP contribution in [0.5, 0.6) is 0 Å². The highest BCUT2D eigenvalue weighted by molar-refractivity contribution is 7.89. The molecule has 0 saturated heterocycles. The van der Waals surface area contributed by atoms with Crippen LogP contribution in [0.25, 0.3) is 11.3 Å². The standard InChI is InChI=1S/C19H27N3O2S/c1-3-4-14-21(2)25(23,24)18-15-22(17-12-8-9-13-17)20-19(18)16-10-6-5-7-11-16/h5-7,10-11,15,17H,3-4,8-9,12-14H2,1-2H3. The highest BCUT2D eigenvalue weighted by Crippen LogP contribution is 2.34. The molecule has 1 aliphatic carbocycles. The van der Waals surface area contributed by atoms with E-state index in [-0.39, 0.29) is 0 Å². The zero-order valence-corrected chi connectivity index (χ0v) is 15.9. The van der Waals surface area contributed by atoms with Gasteiger partial charge < -0.3 is 0 Å². The van der Waals surface area contributed by atoms with Crippen molar-refractivity contribution in [2.75, 3.05) is 13.6 Å². The zero-order valence-electron chi connectivity index (χ0n) is 15.1. The lowest BCUT2D eigenvalue weighted by molar-refractivity contribution is 0.456. The Bertz CT molecular complexity index is 793. The van der Waals surface area contributed by atoms with Crippen molar-refractivity contribution in [2.24, 2.45) is 0 Å². The number of sulfonamides is 1. The summed E-state index contributed by atoms with van der Waals surface area (Å²) in [4.78, 5) is 0.323. The Morgan fingerprint density at radius 1 is 1.20 bits per heavy atom. The van der Waals surface area contributed by atoms with Crippen molar-refractivity contribution >= 4 is 10.0 Å². The zero-order chi connectivity index (χ0) is 17.9. The third-order valence-electron chi connectivity index (χ3n) is 4.96. The van der Waals surface area contributed by atoms with Gasteiger partial charge in [0, 0.05) is 25.4 Å². The summed E-state index contributed by atoms with van der Waals surface area (Å²) in [5, 5.41) is 4.70. The minimum absolute atomic E-state index is 0.312. The van der Waals surface area contributed by atoms with Gasteiger partial charge in [-0.25, -0.2) is 12.7 Å². The fourth-order valence-electron chi connectivity index (χ4n) is 3.38. The van der Waals surface area contributed by atoms with Crippen LogP contribution in [0.3, 0.4) is 0 Å². The normalized spacial score (nSPS) is 16.0. The number of hydrogen-bond donors (Lipinski definition) is 0. The van der Waals surface area contributed by atoms with E-state index in [9.17, 15) is 8.42 Å². The number of benzene rings is 1. The van der Waals surface area contributed by atoms with E-state index < -0.39 is 10.0 Å². The van der Waals surface area contributed by atoms with Crippen LogP contribution in [-0.4, -0.2) is 36.1 Å². The molecule has 1 aromatic heterocycles. The van der Waals surface area contributed by atoms with Crippen LogP contribution >= 0.6 is 0 Å². The summed E-state index contributed by atoms with van der Waals surface area (Å²) in [6.45, 7) is 2.59. The maximum atomic E-state index is 13.1. The van der Waals surface area contributed by atoms with E-state index in [1.807, 2.05) is 35.0 Å². The summed E-state index contributed by atoms with van der Waals surface area (Å²) in [7, 11) is -1.89. The second-order valence-corrected chi connectivity index (χ2v) is 8.82. The first-order chi connectivity index (χ1) is 12.0. The van der Waals surface area contributed by atoms with Crippen LogP contribution in [0, 0.1) is 0 Å². The molecular formula is C19H27N3O2S. The number of rotatable bonds is 7. The molecule has 0 N–H and O–H groups in total. The minimum Gasteiger partial charge on any atom is -0.268 e. The molecule has 3 rings (SSSR count). The van der Waals surface area contributed by atoms with Gasteiger partial charge in [0.25, 0.3) is 0 Å². The van der Waals surface area contributed by atoms with E-state index in [0.717, 1.165) is 31.2 Å². The molecule has 1 fully saturated rings. The molecule has 1 saturated carbocycles. The largest absolute Gasteiger partial charge is 0.268 e. The Morgan fingerprint density at radius 2 is 1.88 bits per heavy atom. The van der Waals surface area contributed by atoms with E-state index in [4.69, 9.17) is 5.10 Å². The molecule has 2 aromatic rings. The molecule has 0 amide bonds. The average molecular weight is 362 g/mol. The Hall–Kier alpha value is -1.66. The van der Waals surface area contributed by atoms with Gasteiger partial charge in [-0.05, 0) is 19.3 Å². The van der Waals surface area contributed by atoms with Gasteiger partial charge in [0.2, 0.25) is 10.0 Å². The molecule has 6 heteroatoms. The van der Waals surface area contributed by atoms with Gasteiger partial charge in [0.05, 0.1) is 6.04 Å². The smallest absolute Gasteiger partial charge is 0.246 e. The number of hydrogen-bond acceptors (Lipinski definition) is 3. The molecule has 1 heterocycles. The van der Waals surface area contributed by atoms with E-state index in [1.54, 1.807) is 13.2 Å². The van der Waals surface area contributed by atoms with Crippen molar-refractivity contribution < 1.29 is 8.42 Å². The molecule has 0 radical (unpaired) electrons. The highest BCUT2D eigenvalue weighted by atomic mass is 32.2. The van der Waals surface area contributed by atoms with Gasteiger partial charge in [-0.3, -0.25) is 4.68 Å². The van der Waals surface area contributed by atoms with Crippen LogP contribution < -0.4 is 0 Å². The number of unbranched alkanes of at least 4 members (excludes halogenated alkanes) is 1. The predicted octanol–water partition coefficient (Wildman–Crippen LogP) is 4.09. The molecular weight excluding hydrogens is 334 g/mol. The highest BCUT2D eigenvalue weighted by Gasteiger charge is 2.29.